The van der Waals surface area contributed by atoms with Gasteiger partial charge in [0.15, 0.2) is 0 Å². The summed E-state index contributed by atoms with van der Waals surface area (Å²) in [4.78, 5) is 21.0. The molecule has 0 spiro atoms. The van der Waals surface area contributed by atoms with Gasteiger partial charge in [-0.25, -0.2) is 18.1 Å². The van der Waals surface area contributed by atoms with Gasteiger partial charge in [0.05, 0.1) is 10.0 Å². The standard InChI is InChI=1S/C22H28Cl2N4O4S2/c23-18-2-1-3-19(24)21(18)34(30,31)26-9-4-20(29)28-11-5-16(6-12-28)27-13-7-17(8-14-27)32-22-25-10-15-33-22/h1-3,10,15-17,26H,4-9,11-14H2. The lowest BCUT2D eigenvalue weighted by atomic mass is 9.98. The van der Waals surface area contributed by atoms with Crippen molar-refractivity contribution < 1.29 is 17.9 Å². The van der Waals surface area contributed by atoms with E-state index in [0.29, 0.717) is 19.1 Å². The van der Waals surface area contributed by atoms with Gasteiger partial charge in [-0.05, 0) is 37.8 Å². The van der Waals surface area contributed by atoms with Crippen molar-refractivity contribution in [1.29, 1.82) is 0 Å². The first kappa shape index (κ1) is 25.7. The summed E-state index contributed by atoms with van der Waals surface area (Å²) in [6, 6.07) is 4.97. The molecule has 0 saturated carbocycles. The van der Waals surface area contributed by atoms with E-state index in [4.69, 9.17) is 27.9 Å². The van der Waals surface area contributed by atoms with Gasteiger partial charge >= 0.3 is 0 Å². The third kappa shape index (κ3) is 6.41. The van der Waals surface area contributed by atoms with Crippen molar-refractivity contribution in [1.82, 2.24) is 19.5 Å². The van der Waals surface area contributed by atoms with E-state index in [1.54, 1.807) is 12.3 Å². The average Bonchev–Trinajstić information content (AvgIpc) is 3.32. The number of carbonyl (C=O) groups is 1. The zero-order valence-corrected chi connectivity index (χ0v) is 21.8. The van der Waals surface area contributed by atoms with Gasteiger partial charge in [-0.1, -0.05) is 40.6 Å². The second-order valence-electron chi connectivity index (χ2n) is 8.46. The monoisotopic (exact) mass is 546 g/mol. The Morgan fingerprint density at radius 2 is 1.79 bits per heavy atom. The first-order valence-electron chi connectivity index (χ1n) is 11.3. The minimum atomic E-state index is -3.90. The summed E-state index contributed by atoms with van der Waals surface area (Å²) >= 11 is 13.5. The summed E-state index contributed by atoms with van der Waals surface area (Å²) in [7, 11) is -3.90. The van der Waals surface area contributed by atoms with Gasteiger partial charge in [0.2, 0.25) is 15.9 Å². The maximum Gasteiger partial charge on any atom is 0.273 e. The molecule has 2 aliphatic heterocycles. The Morgan fingerprint density at radius 1 is 1.12 bits per heavy atom. The molecule has 2 saturated heterocycles. The van der Waals surface area contributed by atoms with E-state index in [-0.39, 0.29) is 39.9 Å². The fourth-order valence-corrected chi connectivity index (χ4v) is 7.24. The van der Waals surface area contributed by atoms with Crippen LogP contribution in [-0.2, 0) is 14.8 Å². The molecule has 3 heterocycles. The van der Waals surface area contributed by atoms with E-state index in [2.05, 4.69) is 14.6 Å². The van der Waals surface area contributed by atoms with Crippen molar-refractivity contribution in [2.75, 3.05) is 32.7 Å². The minimum Gasteiger partial charge on any atom is -0.467 e. The van der Waals surface area contributed by atoms with Crippen LogP contribution in [0.4, 0.5) is 0 Å². The van der Waals surface area contributed by atoms with Crippen molar-refractivity contribution in [3.8, 4) is 5.19 Å². The van der Waals surface area contributed by atoms with Crippen LogP contribution >= 0.6 is 34.5 Å². The quantitative estimate of drug-likeness (QED) is 0.543. The molecule has 34 heavy (non-hydrogen) atoms. The van der Waals surface area contributed by atoms with Crippen LogP contribution in [0.3, 0.4) is 0 Å². The Balaban J connectivity index is 1.18. The molecule has 1 aromatic carbocycles. The van der Waals surface area contributed by atoms with E-state index < -0.39 is 10.0 Å². The average molecular weight is 548 g/mol. The molecule has 1 N–H and O–H groups in total. The number of likely N-dealkylation sites (tertiary alicyclic amines) is 2. The van der Waals surface area contributed by atoms with Crippen LogP contribution in [-0.4, -0.2) is 74.0 Å². The maximum atomic E-state index is 12.6. The largest absolute Gasteiger partial charge is 0.467 e. The molecule has 12 heteroatoms. The molecule has 0 aliphatic carbocycles. The second kappa shape index (κ2) is 11.5. The van der Waals surface area contributed by atoms with Crippen LogP contribution in [0.1, 0.15) is 32.1 Å². The highest BCUT2D eigenvalue weighted by atomic mass is 35.5. The normalized spacial score (nSPS) is 18.8. The Morgan fingerprint density at radius 3 is 2.41 bits per heavy atom. The number of piperidine rings is 2. The Labute approximate surface area is 214 Å². The lowest BCUT2D eigenvalue weighted by Gasteiger charge is -2.41. The fraction of sp³-hybridized carbons (Fsp3) is 0.545. The number of thiazole rings is 1. The summed E-state index contributed by atoms with van der Waals surface area (Å²) in [5, 5.41) is 2.75. The van der Waals surface area contributed by atoms with E-state index in [0.717, 1.165) is 44.0 Å². The van der Waals surface area contributed by atoms with Gasteiger partial charge in [-0.15, -0.1) is 0 Å². The zero-order valence-electron chi connectivity index (χ0n) is 18.7. The molecule has 2 aliphatic rings. The lowest BCUT2D eigenvalue weighted by Crippen LogP contribution is -2.50. The predicted molar refractivity (Wildman–Crippen MR) is 133 cm³/mol. The van der Waals surface area contributed by atoms with Crippen LogP contribution in [0.25, 0.3) is 0 Å². The number of hydrogen-bond acceptors (Lipinski definition) is 7. The SMILES string of the molecule is O=C(CCNS(=O)(=O)c1c(Cl)cccc1Cl)N1CCC(N2CCC(Oc3nccs3)CC2)CC1. The number of hydrogen-bond donors (Lipinski definition) is 1. The predicted octanol–water partition coefficient (Wildman–Crippen LogP) is 3.65. The van der Waals surface area contributed by atoms with Crippen LogP contribution in [0.2, 0.25) is 10.0 Å². The highest BCUT2D eigenvalue weighted by Gasteiger charge is 2.30. The number of benzene rings is 1. The third-order valence-electron chi connectivity index (χ3n) is 6.31. The molecular weight excluding hydrogens is 519 g/mol. The number of aromatic nitrogens is 1. The Bertz CT molecular complexity index is 1050. The number of nitrogens with one attached hydrogen (secondary N) is 1. The number of nitrogens with zero attached hydrogens (tertiary/aromatic N) is 3. The van der Waals surface area contributed by atoms with E-state index >= 15 is 0 Å². The van der Waals surface area contributed by atoms with Crippen LogP contribution in [0.5, 0.6) is 5.19 Å². The topological polar surface area (TPSA) is 91.8 Å². The van der Waals surface area contributed by atoms with Gasteiger partial charge in [0.1, 0.15) is 11.0 Å². The van der Waals surface area contributed by atoms with E-state index in [9.17, 15) is 13.2 Å². The number of ether oxygens (including phenoxy) is 1. The number of rotatable bonds is 8. The molecule has 0 bridgehead atoms. The van der Waals surface area contributed by atoms with Gasteiger partial charge in [0.25, 0.3) is 5.19 Å². The molecule has 4 rings (SSSR count). The molecule has 8 nitrogen and oxygen atoms in total. The van der Waals surface area contributed by atoms with Crippen LogP contribution < -0.4 is 9.46 Å². The smallest absolute Gasteiger partial charge is 0.273 e. The molecule has 186 valence electrons. The first-order valence-corrected chi connectivity index (χ1v) is 14.5. The number of halogens is 2. The molecule has 0 radical (unpaired) electrons. The number of amides is 1. The molecule has 2 aromatic rings. The molecular formula is C22H28Cl2N4O4S2. The summed E-state index contributed by atoms with van der Waals surface area (Å²) in [6.07, 6.45) is 5.87. The van der Waals surface area contributed by atoms with Gasteiger partial charge in [-0.3, -0.25) is 9.69 Å². The van der Waals surface area contributed by atoms with E-state index in [1.807, 2.05) is 10.3 Å². The summed E-state index contributed by atoms with van der Waals surface area (Å²) in [6.45, 7) is 3.33. The molecule has 1 amide bonds. The van der Waals surface area contributed by atoms with E-state index in [1.165, 1.54) is 23.5 Å². The van der Waals surface area contributed by atoms with Gasteiger partial charge in [-0.2, -0.15) is 0 Å². The van der Waals surface area contributed by atoms with Crippen molar-refractivity contribution in [3.05, 3.63) is 39.8 Å². The van der Waals surface area contributed by atoms with Crippen molar-refractivity contribution >= 4 is 50.5 Å². The molecule has 0 unspecified atom stereocenters. The van der Waals surface area contributed by atoms with Gasteiger partial charge < -0.3 is 9.64 Å². The third-order valence-corrected chi connectivity index (χ3v) is 9.38. The highest BCUT2D eigenvalue weighted by molar-refractivity contribution is 7.89. The summed E-state index contributed by atoms with van der Waals surface area (Å²) < 4.78 is 33.5. The Kier molecular flexibility index (Phi) is 8.71. The highest BCUT2D eigenvalue weighted by Crippen LogP contribution is 2.29. The molecule has 1 aromatic heterocycles. The molecule has 0 atom stereocenters. The number of sulfonamides is 1. The minimum absolute atomic E-state index is 0.00470. The van der Waals surface area contributed by atoms with Gasteiger partial charge in [0, 0.05) is 56.8 Å². The Hall–Kier alpha value is -1.43. The molecule has 2 fully saturated rings. The second-order valence-corrected chi connectivity index (χ2v) is 11.8. The zero-order chi connectivity index (χ0) is 24.1. The summed E-state index contributed by atoms with van der Waals surface area (Å²) in [5.74, 6) is -0.0537. The number of carbonyl (C=O) groups excluding carboxylic acids is 1. The van der Waals surface area contributed by atoms with Crippen molar-refractivity contribution in [2.24, 2.45) is 0 Å². The summed E-state index contributed by atoms with van der Waals surface area (Å²) in [5.41, 5.74) is 0. The lowest BCUT2D eigenvalue weighted by molar-refractivity contribution is -0.132. The fourth-order valence-electron chi connectivity index (χ4n) is 4.51. The van der Waals surface area contributed by atoms with Crippen LogP contribution in [0, 0.1) is 0 Å². The first-order chi connectivity index (χ1) is 16.3. The maximum absolute atomic E-state index is 12.6. The van der Waals surface area contributed by atoms with Crippen LogP contribution in [0.15, 0.2) is 34.7 Å². The van der Waals surface area contributed by atoms with Crippen molar-refractivity contribution in [3.63, 3.8) is 0 Å². The van der Waals surface area contributed by atoms with Crippen molar-refractivity contribution in [2.45, 2.75) is 49.1 Å².